The number of methoxy groups -OCH3 is 1. The normalized spacial score (nSPS) is 12.7. The van der Waals surface area contributed by atoms with Crippen molar-refractivity contribution in [2.24, 2.45) is 0 Å². The van der Waals surface area contributed by atoms with Crippen molar-refractivity contribution in [3.05, 3.63) is 11.7 Å². The molecule has 6 nitrogen and oxygen atoms in total. The molecule has 0 aliphatic carbocycles. The largest absolute Gasteiger partial charge is 0.481 e. The highest BCUT2D eigenvalue weighted by molar-refractivity contribution is 5.68. The molecule has 0 saturated carbocycles. The van der Waals surface area contributed by atoms with Gasteiger partial charge in [-0.3, -0.25) is 4.79 Å². The Morgan fingerprint density at radius 1 is 1.71 bits per heavy atom. The van der Waals surface area contributed by atoms with E-state index in [-0.39, 0.29) is 18.4 Å². The Morgan fingerprint density at radius 3 is 3.00 bits per heavy atom. The van der Waals surface area contributed by atoms with Crippen LogP contribution >= 0.6 is 0 Å². The van der Waals surface area contributed by atoms with Crippen LogP contribution in [0.4, 0.5) is 0 Å². The first-order valence-electron chi connectivity index (χ1n) is 4.18. The third-order valence-electron chi connectivity index (χ3n) is 1.69. The summed E-state index contributed by atoms with van der Waals surface area (Å²) in [6.07, 6.45) is 0.263. The highest BCUT2D eigenvalue weighted by Crippen LogP contribution is 2.03. The van der Waals surface area contributed by atoms with Gasteiger partial charge >= 0.3 is 5.97 Å². The van der Waals surface area contributed by atoms with Gasteiger partial charge in [0.1, 0.15) is 6.42 Å². The van der Waals surface area contributed by atoms with Crippen LogP contribution in [-0.4, -0.2) is 34.4 Å². The van der Waals surface area contributed by atoms with E-state index >= 15 is 0 Å². The van der Waals surface area contributed by atoms with Crippen molar-refractivity contribution in [3.63, 3.8) is 0 Å². The van der Waals surface area contributed by atoms with Crippen LogP contribution in [0.15, 0.2) is 4.52 Å². The lowest BCUT2D eigenvalue weighted by Crippen LogP contribution is -2.09. The summed E-state index contributed by atoms with van der Waals surface area (Å²) in [5.41, 5.74) is 0. The summed E-state index contributed by atoms with van der Waals surface area (Å²) in [6, 6.07) is 0. The Kier molecular flexibility index (Phi) is 3.58. The van der Waals surface area contributed by atoms with Crippen LogP contribution in [0.25, 0.3) is 0 Å². The molecule has 0 aromatic carbocycles. The van der Waals surface area contributed by atoms with Crippen LogP contribution in [0.3, 0.4) is 0 Å². The van der Waals surface area contributed by atoms with Gasteiger partial charge in [-0.15, -0.1) is 0 Å². The SMILES string of the molecule is COC(C)Cc1noc(CC(=O)O)n1. The van der Waals surface area contributed by atoms with Crippen molar-refractivity contribution < 1.29 is 19.2 Å². The van der Waals surface area contributed by atoms with E-state index < -0.39 is 5.97 Å². The molecule has 0 fully saturated rings. The molecule has 1 N–H and O–H groups in total. The van der Waals surface area contributed by atoms with Crippen LogP contribution < -0.4 is 0 Å². The molecule has 1 aromatic rings. The third-order valence-corrected chi connectivity index (χ3v) is 1.69. The number of rotatable bonds is 5. The molecule has 1 rings (SSSR count). The molecule has 0 aliphatic heterocycles. The number of aromatic nitrogens is 2. The third kappa shape index (κ3) is 3.14. The Labute approximate surface area is 80.9 Å². The zero-order valence-corrected chi connectivity index (χ0v) is 8.06. The molecule has 14 heavy (non-hydrogen) atoms. The average molecular weight is 200 g/mol. The van der Waals surface area contributed by atoms with Crippen molar-refractivity contribution >= 4 is 5.97 Å². The van der Waals surface area contributed by atoms with Crippen LogP contribution in [0.1, 0.15) is 18.6 Å². The van der Waals surface area contributed by atoms with Gasteiger partial charge in [-0.1, -0.05) is 5.16 Å². The summed E-state index contributed by atoms with van der Waals surface area (Å²) in [6.45, 7) is 1.87. The van der Waals surface area contributed by atoms with Gasteiger partial charge in [0.25, 0.3) is 0 Å². The summed E-state index contributed by atoms with van der Waals surface area (Å²) >= 11 is 0. The van der Waals surface area contributed by atoms with E-state index in [4.69, 9.17) is 14.4 Å². The fourth-order valence-corrected chi connectivity index (χ4v) is 0.915. The number of aliphatic carboxylic acids is 1. The molecule has 78 valence electrons. The second-order valence-electron chi connectivity index (χ2n) is 2.93. The number of ether oxygens (including phenoxy) is 1. The lowest BCUT2D eigenvalue weighted by Gasteiger charge is -2.03. The predicted molar refractivity (Wildman–Crippen MR) is 45.8 cm³/mol. The first-order valence-corrected chi connectivity index (χ1v) is 4.18. The molecule has 0 amide bonds. The first-order chi connectivity index (χ1) is 6.61. The van der Waals surface area contributed by atoms with Crippen molar-refractivity contribution in [2.45, 2.75) is 25.9 Å². The molecule has 6 heteroatoms. The Balaban J connectivity index is 2.54. The highest BCUT2D eigenvalue weighted by atomic mass is 16.5. The molecule has 0 bridgehead atoms. The summed E-state index contributed by atoms with van der Waals surface area (Å²) in [7, 11) is 1.59. The van der Waals surface area contributed by atoms with Crippen molar-refractivity contribution in [2.75, 3.05) is 7.11 Å². The van der Waals surface area contributed by atoms with Crippen LogP contribution in [-0.2, 0) is 22.4 Å². The fourth-order valence-electron chi connectivity index (χ4n) is 0.915. The van der Waals surface area contributed by atoms with Crippen LogP contribution in [0, 0.1) is 0 Å². The van der Waals surface area contributed by atoms with Crippen LogP contribution in [0.5, 0.6) is 0 Å². The molecule has 1 heterocycles. The van der Waals surface area contributed by atoms with E-state index in [9.17, 15) is 4.79 Å². The minimum atomic E-state index is -0.986. The molecule has 1 atom stereocenters. The summed E-state index contributed by atoms with van der Waals surface area (Å²) in [5.74, 6) is -0.397. The quantitative estimate of drug-likeness (QED) is 0.734. The standard InChI is InChI=1S/C8H12N2O4/c1-5(13-2)3-6-9-7(14-10-6)4-8(11)12/h5H,3-4H2,1-2H3,(H,11,12). The predicted octanol–water partition coefficient (Wildman–Crippen LogP) is 0.274. The summed E-state index contributed by atoms with van der Waals surface area (Å²) in [4.78, 5) is 14.2. The Hall–Kier alpha value is -1.43. The topological polar surface area (TPSA) is 85.5 Å². The maximum Gasteiger partial charge on any atom is 0.312 e. The molecule has 0 aliphatic rings. The fraction of sp³-hybridized carbons (Fsp3) is 0.625. The molecule has 0 radical (unpaired) electrons. The smallest absolute Gasteiger partial charge is 0.312 e. The second kappa shape index (κ2) is 4.71. The van der Waals surface area contributed by atoms with Gasteiger partial charge in [0.2, 0.25) is 5.89 Å². The van der Waals surface area contributed by atoms with E-state index in [0.29, 0.717) is 12.2 Å². The molecular weight excluding hydrogens is 188 g/mol. The van der Waals surface area contributed by atoms with Gasteiger partial charge in [-0.05, 0) is 6.92 Å². The summed E-state index contributed by atoms with van der Waals surface area (Å²) < 4.78 is 9.73. The van der Waals surface area contributed by atoms with Gasteiger partial charge < -0.3 is 14.4 Å². The number of carboxylic acid groups (broad SMARTS) is 1. The second-order valence-corrected chi connectivity index (χ2v) is 2.93. The Bertz CT molecular complexity index is 310. The summed E-state index contributed by atoms with van der Waals surface area (Å²) in [5, 5.41) is 12.1. The van der Waals surface area contributed by atoms with Crippen molar-refractivity contribution in [1.29, 1.82) is 0 Å². The van der Waals surface area contributed by atoms with E-state index in [1.54, 1.807) is 7.11 Å². The van der Waals surface area contributed by atoms with E-state index in [0.717, 1.165) is 0 Å². The number of hydrogen-bond donors (Lipinski definition) is 1. The van der Waals surface area contributed by atoms with Gasteiger partial charge in [0.15, 0.2) is 5.82 Å². The maximum atomic E-state index is 10.3. The highest BCUT2D eigenvalue weighted by Gasteiger charge is 2.12. The zero-order valence-electron chi connectivity index (χ0n) is 8.06. The van der Waals surface area contributed by atoms with Crippen molar-refractivity contribution in [1.82, 2.24) is 10.1 Å². The molecule has 1 aromatic heterocycles. The van der Waals surface area contributed by atoms with Gasteiger partial charge in [-0.2, -0.15) is 4.98 Å². The molecule has 1 unspecified atom stereocenters. The average Bonchev–Trinajstić information content (AvgIpc) is 2.51. The minimum absolute atomic E-state index is 0.00900. The molecular formula is C8H12N2O4. The number of hydrogen-bond acceptors (Lipinski definition) is 5. The zero-order chi connectivity index (χ0) is 10.6. The Morgan fingerprint density at radius 2 is 2.43 bits per heavy atom. The van der Waals surface area contributed by atoms with Gasteiger partial charge in [0, 0.05) is 13.5 Å². The number of nitrogens with zero attached hydrogens (tertiary/aromatic N) is 2. The van der Waals surface area contributed by atoms with Crippen molar-refractivity contribution in [3.8, 4) is 0 Å². The van der Waals surface area contributed by atoms with E-state index in [2.05, 4.69) is 10.1 Å². The molecule has 0 saturated heterocycles. The lowest BCUT2D eigenvalue weighted by molar-refractivity contribution is -0.136. The minimum Gasteiger partial charge on any atom is -0.481 e. The lowest BCUT2D eigenvalue weighted by atomic mass is 10.3. The van der Waals surface area contributed by atoms with Gasteiger partial charge in [0.05, 0.1) is 6.10 Å². The van der Waals surface area contributed by atoms with Gasteiger partial charge in [-0.25, -0.2) is 0 Å². The van der Waals surface area contributed by atoms with Crippen LogP contribution in [0.2, 0.25) is 0 Å². The monoisotopic (exact) mass is 200 g/mol. The van der Waals surface area contributed by atoms with E-state index in [1.165, 1.54) is 0 Å². The number of carbonyl (C=O) groups is 1. The first kappa shape index (κ1) is 10.6. The number of carboxylic acids is 1. The molecule has 0 spiro atoms. The van der Waals surface area contributed by atoms with E-state index in [1.807, 2.05) is 6.92 Å². The maximum absolute atomic E-state index is 10.3.